The van der Waals surface area contributed by atoms with Crippen molar-refractivity contribution in [1.82, 2.24) is 0 Å². The molecule has 0 spiro atoms. The number of carbonyl (C=O) groups excluding carboxylic acids is 1. The number of carbonyl (C=O) groups is 1. The first-order valence-corrected chi connectivity index (χ1v) is 9.84. The SMILES string of the molecule is O=C(/C=C/Nc1ccccc1NS(=O)(=O)c1ccccc1)c1ccc(F)cc1. The molecule has 0 atom stereocenters. The fourth-order valence-electron chi connectivity index (χ4n) is 2.42. The predicted octanol–water partition coefficient (Wildman–Crippen LogP) is 4.44. The zero-order valence-corrected chi connectivity index (χ0v) is 15.5. The second kappa shape index (κ2) is 8.49. The number of nitrogens with one attached hydrogen (secondary N) is 2. The van der Waals surface area contributed by atoms with Crippen molar-refractivity contribution in [2.24, 2.45) is 0 Å². The van der Waals surface area contributed by atoms with Crippen LogP contribution < -0.4 is 10.0 Å². The molecule has 7 heteroatoms. The van der Waals surface area contributed by atoms with Crippen molar-refractivity contribution in [3.05, 3.63) is 103 Å². The van der Waals surface area contributed by atoms with Crippen LogP contribution in [-0.2, 0) is 10.0 Å². The van der Waals surface area contributed by atoms with E-state index in [1.807, 2.05) is 0 Å². The highest BCUT2D eigenvalue weighted by Crippen LogP contribution is 2.24. The summed E-state index contributed by atoms with van der Waals surface area (Å²) in [5.41, 5.74) is 1.16. The third-order valence-electron chi connectivity index (χ3n) is 3.83. The van der Waals surface area contributed by atoms with Crippen molar-refractivity contribution in [3.63, 3.8) is 0 Å². The fourth-order valence-corrected chi connectivity index (χ4v) is 3.52. The van der Waals surface area contributed by atoms with Gasteiger partial charge >= 0.3 is 0 Å². The number of rotatable bonds is 7. The molecule has 28 heavy (non-hydrogen) atoms. The van der Waals surface area contributed by atoms with Gasteiger partial charge in [-0.25, -0.2) is 12.8 Å². The number of ketones is 1. The molecule has 3 rings (SSSR count). The van der Waals surface area contributed by atoms with E-state index in [9.17, 15) is 17.6 Å². The molecule has 0 fully saturated rings. The van der Waals surface area contributed by atoms with Gasteiger partial charge in [-0.2, -0.15) is 0 Å². The van der Waals surface area contributed by atoms with E-state index >= 15 is 0 Å². The van der Waals surface area contributed by atoms with Gasteiger partial charge in [0.2, 0.25) is 0 Å². The maximum absolute atomic E-state index is 12.9. The molecule has 0 unspecified atom stereocenters. The molecule has 142 valence electrons. The van der Waals surface area contributed by atoms with Crippen molar-refractivity contribution in [2.45, 2.75) is 4.90 Å². The van der Waals surface area contributed by atoms with Gasteiger partial charge in [-0.15, -0.1) is 0 Å². The number of para-hydroxylation sites is 2. The summed E-state index contributed by atoms with van der Waals surface area (Å²) >= 11 is 0. The van der Waals surface area contributed by atoms with Crippen LogP contribution in [0.15, 0.2) is 96.0 Å². The lowest BCUT2D eigenvalue weighted by Crippen LogP contribution is -2.13. The van der Waals surface area contributed by atoms with E-state index < -0.39 is 15.8 Å². The average Bonchev–Trinajstić information content (AvgIpc) is 2.70. The van der Waals surface area contributed by atoms with Crippen LogP contribution in [0.5, 0.6) is 0 Å². The first-order valence-electron chi connectivity index (χ1n) is 8.35. The maximum Gasteiger partial charge on any atom is 0.261 e. The second-order valence-corrected chi connectivity index (χ2v) is 7.50. The van der Waals surface area contributed by atoms with E-state index in [4.69, 9.17) is 0 Å². The minimum atomic E-state index is -3.74. The Morgan fingerprint density at radius 2 is 1.43 bits per heavy atom. The summed E-state index contributed by atoms with van der Waals surface area (Å²) in [4.78, 5) is 12.2. The normalized spacial score (nSPS) is 11.3. The molecule has 0 saturated carbocycles. The summed E-state index contributed by atoms with van der Waals surface area (Å²) in [7, 11) is -3.74. The Balaban J connectivity index is 1.74. The Hall–Kier alpha value is -3.45. The molecule has 0 radical (unpaired) electrons. The summed E-state index contributed by atoms with van der Waals surface area (Å²) in [6, 6.07) is 19.9. The molecule has 0 bridgehead atoms. The third-order valence-corrected chi connectivity index (χ3v) is 5.21. The van der Waals surface area contributed by atoms with Crippen molar-refractivity contribution in [3.8, 4) is 0 Å². The number of benzene rings is 3. The molecule has 3 aromatic carbocycles. The number of anilines is 2. The quantitative estimate of drug-likeness (QED) is 0.457. The van der Waals surface area contributed by atoms with Gasteiger partial charge in [0.25, 0.3) is 10.0 Å². The van der Waals surface area contributed by atoms with Crippen molar-refractivity contribution < 1.29 is 17.6 Å². The molecule has 0 aliphatic rings. The highest BCUT2D eigenvalue weighted by molar-refractivity contribution is 7.92. The van der Waals surface area contributed by atoms with E-state index in [2.05, 4.69) is 10.0 Å². The molecular formula is C21H17FN2O3S. The lowest BCUT2D eigenvalue weighted by Gasteiger charge is -2.12. The Morgan fingerprint density at radius 3 is 2.11 bits per heavy atom. The van der Waals surface area contributed by atoms with Gasteiger partial charge in [0.1, 0.15) is 5.82 Å². The number of hydrogen-bond donors (Lipinski definition) is 2. The van der Waals surface area contributed by atoms with Crippen molar-refractivity contribution >= 4 is 27.2 Å². The Bertz CT molecular complexity index is 1100. The van der Waals surface area contributed by atoms with E-state index in [-0.39, 0.29) is 10.7 Å². The van der Waals surface area contributed by atoms with Crippen molar-refractivity contribution in [1.29, 1.82) is 0 Å². The van der Waals surface area contributed by atoms with Gasteiger partial charge in [0.15, 0.2) is 5.78 Å². The molecule has 0 aromatic heterocycles. The molecule has 2 N–H and O–H groups in total. The van der Waals surface area contributed by atoms with Gasteiger partial charge in [-0.05, 0) is 48.5 Å². The number of sulfonamides is 1. The molecule has 0 saturated heterocycles. The summed E-state index contributed by atoms with van der Waals surface area (Å²) in [5, 5.41) is 2.90. The largest absolute Gasteiger partial charge is 0.360 e. The first kappa shape index (κ1) is 19.3. The van der Waals surface area contributed by atoms with Crippen LogP contribution in [0, 0.1) is 5.82 Å². The van der Waals surface area contributed by atoms with Crippen LogP contribution in [-0.4, -0.2) is 14.2 Å². The predicted molar refractivity (Wildman–Crippen MR) is 107 cm³/mol. The summed E-state index contributed by atoms with van der Waals surface area (Å²) in [5.74, 6) is -0.729. The first-order chi connectivity index (χ1) is 13.5. The smallest absolute Gasteiger partial charge is 0.261 e. The number of hydrogen-bond acceptors (Lipinski definition) is 4. The minimum absolute atomic E-state index is 0.145. The maximum atomic E-state index is 12.9. The average molecular weight is 396 g/mol. The molecule has 0 aliphatic carbocycles. The minimum Gasteiger partial charge on any atom is -0.360 e. The molecule has 5 nitrogen and oxygen atoms in total. The molecule has 0 aliphatic heterocycles. The van der Waals surface area contributed by atoms with Crippen LogP contribution in [0.3, 0.4) is 0 Å². The van der Waals surface area contributed by atoms with Gasteiger partial charge in [0, 0.05) is 17.8 Å². The van der Waals surface area contributed by atoms with E-state index in [0.717, 1.165) is 0 Å². The monoisotopic (exact) mass is 396 g/mol. The van der Waals surface area contributed by atoms with Gasteiger partial charge in [-0.3, -0.25) is 9.52 Å². The number of halogens is 1. The molecular weight excluding hydrogens is 379 g/mol. The Kier molecular flexibility index (Phi) is 5.86. The molecule has 0 amide bonds. The molecule has 3 aromatic rings. The van der Waals surface area contributed by atoms with Gasteiger partial charge in [0.05, 0.1) is 16.3 Å². The lowest BCUT2D eigenvalue weighted by atomic mass is 10.1. The van der Waals surface area contributed by atoms with E-state index in [1.165, 1.54) is 48.7 Å². The third kappa shape index (κ3) is 4.83. The summed E-state index contributed by atoms with van der Waals surface area (Å²) in [6.45, 7) is 0. The lowest BCUT2D eigenvalue weighted by molar-refractivity contribution is 0.104. The highest BCUT2D eigenvalue weighted by Gasteiger charge is 2.15. The van der Waals surface area contributed by atoms with Gasteiger partial charge in [-0.1, -0.05) is 30.3 Å². The Labute approximate surface area is 162 Å². The Morgan fingerprint density at radius 1 is 0.821 bits per heavy atom. The van der Waals surface area contributed by atoms with Crippen LogP contribution in [0.25, 0.3) is 0 Å². The zero-order chi connectivity index (χ0) is 20.0. The van der Waals surface area contributed by atoms with Crippen LogP contribution in [0.4, 0.5) is 15.8 Å². The van der Waals surface area contributed by atoms with Crippen LogP contribution >= 0.6 is 0 Å². The van der Waals surface area contributed by atoms with E-state index in [0.29, 0.717) is 16.9 Å². The summed E-state index contributed by atoms with van der Waals surface area (Å²) in [6.07, 6.45) is 2.69. The standard InChI is InChI=1S/C21H17FN2O3S/c22-17-12-10-16(11-13-17)21(25)14-15-23-19-8-4-5-9-20(19)24-28(26,27)18-6-2-1-3-7-18/h1-15,23-24H/b15-14+. The topological polar surface area (TPSA) is 75.3 Å². The number of allylic oxidation sites excluding steroid dienone is 1. The molecule has 0 heterocycles. The van der Waals surface area contributed by atoms with E-state index in [1.54, 1.807) is 42.5 Å². The highest BCUT2D eigenvalue weighted by atomic mass is 32.2. The summed E-state index contributed by atoms with van der Waals surface area (Å²) < 4.78 is 40.5. The zero-order valence-electron chi connectivity index (χ0n) is 14.7. The van der Waals surface area contributed by atoms with Crippen LogP contribution in [0.2, 0.25) is 0 Å². The van der Waals surface area contributed by atoms with Crippen LogP contribution in [0.1, 0.15) is 10.4 Å². The second-order valence-electron chi connectivity index (χ2n) is 5.81. The van der Waals surface area contributed by atoms with Gasteiger partial charge < -0.3 is 5.32 Å². The van der Waals surface area contributed by atoms with Crippen molar-refractivity contribution in [2.75, 3.05) is 10.0 Å². The fraction of sp³-hybridized carbons (Fsp3) is 0.